The number of fused-ring (bicyclic) bond motifs is 4. The van der Waals surface area contributed by atoms with Crippen LogP contribution in [0.1, 0.15) is 107 Å². The van der Waals surface area contributed by atoms with Crippen LogP contribution in [-0.2, 0) is 18.9 Å². The summed E-state index contributed by atoms with van der Waals surface area (Å²) in [5.41, 5.74) is 0.119. The first kappa shape index (κ1) is 33.9. The van der Waals surface area contributed by atoms with Crippen LogP contribution in [-0.4, -0.2) is 85.6 Å². The van der Waals surface area contributed by atoms with Crippen LogP contribution in [0.5, 0.6) is 0 Å². The number of aliphatic hydroxyl groups is 1. The minimum Gasteiger partial charge on any atom is -0.446 e. The predicted octanol–water partition coefficient (Wildman–Crippen LogP) is 6.41. The summed E-state index contributed by atoms with van der Waals surface area (Å²) >= 11 is 0. The molecule has 0 aromatic carbocycles. The van der Waals surface area contributed by atoms with Crippen molar-refractivity contribution in [3.63, 3.8) is 0 Å². The summed E-state index contributed by atoms with van der Waals surface area (Å²) in [6.07, 6.45) is 6.61. The molecule has 266 valence electrons. The van der Waals surface area contributed by atoms with Crippen LogP contribution in [0.2, 0.25) is 0 Å². The highest BCUT2D eigenvalue weighted by molar-refractivity contribution is 5.68. The summed E-state index contributed by atoms with van der Waals surface area (Å²) in [6.45, 7) is 20.9. The number of nitrogens with one attached hydrogen (secondary N) is 1. The van der Waals surface area contributed by atoms with Gasteiger partial charge in [-0.05, 0) is 104 Å². The Hall–Kier alpha value is -1.58. The Morgan fingerprint density at radius 1 is 1.00 bits per heavy atom. The lowest BCUT2D eigenvalue weighted by atomic mass is 9.41. The van der Waals surface area contributed by atoms with E-state index < -0.39 is 12.2 Å². The summed E-state index contributed by atoms with van der Waals surface area (Å²) in [5.74, 6) is 1.68. The second kappa shape index (κ2) is 11.5. The number of rotatable bonds is 5. The Morgan fingerprint density at radius 2 is 1.68 bits per heavy atom. The Morgan fingerprint density at radius 3 is 2.36 bits per heavy atom. The molecular formula is C38H62N2O7. The number of nitrogens with zero attached hydrogens (tertiary/aromatic N) is 1. The summed E-state index contributed by atoms with van der Waals surface area (Å²) in [6, 6.07) is 0. The number of amides is 2. The minimum atomic E-state index is -0.560. The van der Waals surface area contributed by atoms with E-state index in [-0.39, 0.29) is 69.4 Å². The van der Waals surface area contributed by atoms with E-state index in [0.717, 1.165) is 38.5 Å². The minimum absolute atomic E-state index is 0.0256. The second-order valence-electron chi connectivity index (χ2n) is 18.2. The molecule has 8 unspecified atom stereocenters. The van der Waals surface area contributed by atoms with Crippen molar-refractivity contribution in [1.82, 2.24) is 10.2 Å². The lowest BCUT2D eigenvalue weighted by Gasteiger charge is -2.63. The molecule has 9 nitrogen and oxygen atoms in total. The third-order valence-corrected chi connectivity index (χ3v) is 15.9. The maximum absolute atomic E-state index is 13.2. The van der Waals surface area contributed by atoms with Crippen LogP contribution in [0.3, 0.4) is 0 Å². The number of carbonyl (C=O) groups is 2. The van der Waals surface area contributed by atoms with Crippen LogP contribution >= 0.6 is 0 Å². The lowest BCUT2D eigenvalue weighted by molar-refractivity contribution is -0.185. The molecule has 2 saturated heterocycles. The molecule has 5 saturated carbocycles. The third-order valence-electron chi connectivity index (χ3n) is 15.9. The molecule has 0 aromatic rings. The van der Waals surface area contributed by atoms with E-state index in [2.05, 4.69) is 53.8 Å². The number of ether oxygens (including phenoxy) is 4. The van der Waals surface area contributed by atoms with E-state index >= 15 is 0 Å². The molecule has 2 N–H and O–H groups in total. The number of hydrogen-bond donors (Lipinski definition) is 2. The van der Waals surface area contributed by atoms with Crippen LogP contribution in [0.4, 0.5) is 9.59 Å². The van der Waals surface area contributed by atoms with Crippen molar-refractivity contribution < 1.29 is 33.6 Å². The fourth-order valence-electron chi connectivity index (χ4n) is 13.6. The highest BCUT2D eigenvalue weighted by atomic mass is 16.6. The zero-order valence-electron chi connectivity index (χ0n) is 30.3. The standard InChI is InChI=1S/C38H62N2O7/c1-9-39-32(42)47-29(22(2)3)24-20-23(4)28-30(45-24)31(41)36(8)26-11-10-25-34(5,6)27(46-33(43)40-16-18-44-19-17-40)12-13-37(25)21-38(26,37)15-14-35(28,36)7/h22-31,41H,9-21H2,1-8H3,(H,39,42)/t23-,24?,25+,26?,27?,28+,29?,30?,31+,35?,36-,37?,38?/m1/s1. The number of hydrogen-bond acceptors (Lipinski definition) is 7. The molecule has 2 amide bonds. The van der Waals surface area contributed by atoms with E-state index in [9.17, 15) is 14.7 Å². The first-order valence-corrected chi connectivity index (χ1v) is 19.0. The maximum Gasteiger partial charge on any atom is 0.410 e. The lowest BCUT2D eigenvalue weighted by Crippen LogP contribution is -2.60. The van der Waals surface area contributed by atoms with Gasteiger partial charge >= 0.3 is 12.2 Å². The average molecular weight is 659 g/mol. The molecule has 0 bridgehead atoms. The van der Waals surface area contributed by atoms with E-state index in [4.69, 9.17) is 18.9 Å². The third kappa shape index (κ3) is 4.63. The topological polar surface area (TPSA) is 107 Å². The normalized spacial score (nSPS) is 48.6. The van der Waals surface area contributed by atoms with Gasteiger partial charge in [0.05, 0.1) is 31.5 Å². The van der Waals surface area contributed by atoms with E-state index in [0.29, 0.717) is 50.6 Å². The van der Waals surface area contributed by atoms with Crippen molar-refractivity contribution >= 4 is 12.2 Å². The molecule has 0 aromatic heterocycles. The molecule has 2 spiro atoms. The van der Waals surface area contributed by atoms with Gasteiger partial charge in [-0.25, -0.2) is 9.59 Å². The summed E-state index contributed by atoms with van der Waals surface area (Å²) in [4.78, 5) is 27.5. The zero-order chi connectivity index (χ0) is 33.7. The Labute approximate surface area is 282 Å². The Bertz CT molecular complexity index is 1240. The van der Waals surface area contributed by atoms with Gasteiger partial charge in [0.2, 0.25) is 0 Å². The van der Waals surface area contributed by atoms with E-state index in [1.54, 1.807) is 0 Å². The van der Waals surface area contributed by atoms with Gasteiger partial charge in [0.25, 0.3) is 0 Å². The van der Waals surface area contributed by atoms with E-state index in [1.807, 2.05) is 11.8 Å². The predicted molar refractivity (Wildman–Crippen MR) is 178 cm³/mol. The molecule has 9 heteroatoms. The van der Waals surface area contributed by atoms with Crippen molar-refractivity contribution in [3.8, 4) is 0 Å². The van der Waals surface area contributed by atoms with Crippen LogP contribution < -0.4 is 5.32 Å². The van der Waals surface area contributed by atoms with Gasteiger partial charge in [-0.15, -0.1) is 0 Å². The molecule has 2 aliphatic heterocycles. The molecular weight excluding hydrogens is 596 g/mol. The molecule has 13 atom stereocenters. The fourth-order valence-corrected chi connectivity index (χ4v) is 13.6. The van der Waals surface area contributed by atoms with E-state index in [1.165, 1.54) is 12.8 Å². The molecule has 7 fully saturated rings. The highest BCUT2D eigenvalue weighted by Gasteiger charge is 2.84. The van der Waals surface area contributed by atoms with Gasteiger partial charge in [0.15, 0.2) is 0 Å². The zero-order valence-corrected chi connectivity index (χ0v) is 30.3. The molecule has 5 aliphatic carbocycles. The largest absolute Gasteiger partial charge is 0.446 e. The Kier molecular flexibility index (Phi) is 8.28. The number of aliphatic hydroxyl groups excluding tert-OH is 1. The molecule has 47 heavy (non-hydrogen) atoms. The first-order chi connectivity index (χ1) is 22.2. The average Bonchev–Trinajstić information content (AvgIpc) is 3.66. The molecule has 2 heterocycles. The van der Waals surface area contributed by atoms with Gasteiger partial charge in [-0.3, -0.25) is 0 Å². The van der Waals surface area contributed by atoms with Gasteiger partial charge in [-0.1, -0.05) is 48.5 Å². The maximum atomic E-state index is 13.2. The summed E-state index contributed by atoms with van der Waals surface area (Å²) in [5, 5.41) is 15.4. The van der Waals surface area contributed by atoms with Gasteiger partial charge < -0.3 is 34.3 Å². The van der Waals surface area contributed by atoms with Crippen molar-refractivity contribution in [2.45, 2.75) is 137 Å². The summed E-state index contributed by atoms with van der Waals surface area (Å²) in [7, 11) is 0. The number of alkyl carbamates (subject to hydrolysis) is 1. The molecule has 7 aliphatic rings. The van der Waals surface area contributed by atoms with Crippen molar-refractivity contribution in [2.75, 3.05) is 32.8 Å². The van der Waals surface area contributed by atoms with Crippen molar-refractivity contribution in [1.29, 1.82) is 0 Å². The SMILES string of the molecule is CCNC(=O)OC(C(C)C)C1C[C@@H](C)[C@H]2C(O1)[C@H](O)[C@@]1(C)C3CC[C@H]4C(C)(C)C(OC(=O)N5CCOCC5)CCC45CC35CCC21C. The fraction of sp³-hybridized carbons (Fsp3) is 0.947. The van der Waals surface area contributed by atoms with Crippen molar-refractivity contribution in [3.05, 3.63) is 0 Å². The number of morpholine rings is 1. The van der Waals surface area contributed by atoms with Crippen LogP contribution in [0.15, 0.2) is 0 Å². The second-order valence-corrected chi connectivity index (χ2v) is 18.2. The van der Waals surface area contributed by atoms with Gasteiger partial charge in [-0.2, -0.15) is 0 Å². The highest BCUT2D eigenvalue weighted by Crippen LogP contribution is 2.89. The van der Waals surface area contributed by atoms with Crippen LogP contribution in [0.25, 0.3) is 0 Å². The molecule has 0 radical (unpaired) electrons. The van der Waals surface area contributed by atoms with Gasteiger partial charge in [0, 0.05) is 30.5 Å². The summed E-state index contributed by atoms with van der Waals surface area (Å²) < 4.78 is 24.7. The molecule has 7 rings (SSSR count). The quantitative estimate of drug-likeness (QED) is 0.352. The smallest absolute Gasteiger partial charge is 0.410 e. The monoisotopic (exact) mass is 658 g/mol. The van der Waals surface area contributed by atoms with Gasteiger partial charge in [0.1, 0.15) is 12.2 Å². The van der Waals surface area contributed by atoms with Crippen LogP contribution in [0, 0.1) is 56.7 Å². The first-order valence-electron chi connectivity index (χ1n) is 19.0. The van der Waals surface area contributed by atoms with Crippen molar-refractivity contribution in [2.24, 2.45) is 56.7 Å². The number of carbonyl (C=O) groups excluding carboxylic acids is 2. The Balaban J connectivity index is 1.12.